The fraction of sp³-hybridized carbons (Fsp3) is 0.278. The lowest BCUT2D eigenvalue weighted by atomic mass is 10.1. The molecule has 140 valence electrons. The number of anilines is 1. The molecule has 0 bridgehead atoms. The summed E-state index contributed by atoms with van der Waals surface area (Å²) in [7, 11) is 0. The highest BCUT2D eigenvalue weighted by molar-refractivity contribution is 9.10. The van der Waals surface area contributed by atoms with Crippen LogP contribution >= 0.6 is 27.5 Å². The quantitative estimate of drug-likeness (QED) is 0.607. The molecule has 4 rings (SSSR count). The molecule has 1 saturated heterocycles. The van der Waals surface area contributed by atoms with E-state index in [4.69, 9.17) is 4.42 Å². The van der Waals surface area contributed by atoms with Gasteiger partial charge < -0.3 is 14.2 Å². The van der Waals surface area contributed by atoms with Gasteiger partial charge in [-0.15, -0.1) is 0 Å². The van der Waals surface area contributed by atoms with Crippen molar-refractivity contribution in [3.05, 3.63) is 64.0 Å². The fourth-order valence-electron chi connectivity index (χ4n) is 2.95. The molecule has 1 fully saturated rings. The van der Waals surface area contributed by atoms with Crippen molar-refractivity contribution >= 4 is 38.5 Å². The van der Waals surface area contributed by atoms with Crippen LogP contribution < -0.4 is 4.90 Å². The maximum Gasteiger partial charge on any atom is 0.258 e. The van der Waals surface area contributed by atoms with E-state index >= 15 is 0 Å². The summed E-state index contributed by atoms with van der Waals surface area (Å²) in [6.45, 7) is 2.63. The summed E-state index contributed by atoms with van der Waals surface area (Å²) in [6, 6.07) is 8.04. The number of hydrogen-bond acceptors (Lipinski definition) is 6. The molecule has 2 aromatic heterocycles. The molecule has 3 heterocycles. The topological polar surface area (TPSA) is 62.5 Å². The van der Waals surface area contributed by atoms with Crippen molar-refractivity contribution in [3.63, 3.8) is 0 Å². The second kappa shape index (κ2) is 7.77. The van der Waals surface area contributed by atoms with Gasteiger partial charge in [0.05, 0.1) is 11.8 Å². The van der Waals surface area contributed by atoms with Crippen LogP contribution in [0.15, 0.2) is 45.7 Å². The first-order valence-corrected chi connectivity index (χ1v) is 10.0. The molecule has 9 heteroatoms. The summed E-state index contributed by atoms with van der Waals surface area (Å²) < 4.78 is 23.0. The van der Waals surface area contributed by atoms with E-state index in [0.29, 0.717) is 42.8 Å². The van der Waals surface area contributed by atoms with Gasteiger partial charge in [-0.1, -0.05) is 12.1 Å². The molecular formula is C18H16BrFN4O2S. The van der Waals surface area contributed by atoms with Crippen molar-refractivity contribution in [3.8, 4) is 0 Å². The monoisotopic (exact) mass is 450 g/mol. The van der Waals surface area contributed by atoms with Crippen LogP contribution in [0.1, 0.15) is 21.7 Å². The molecule has 0 atom stereocenters. The van der Waals surface area contributed by atoms with Gasteiger partial charge in [0.15, 0.2) is 4.67 Å². The van der Waals surface area contributed by atoms with Gasteiger partial charge in [0.25, 0.3) is 5.91 Å². The van der Waals surface area contributed by atoms with E-state index in [1.807, 2.05) is 4.90 Å². The number of carbonyl (C=O) groups excluding carboxylic acids is 1. The van der Waals surface area contributed by atoms with E-state index in [-0.39, 0.29) is 11.7 Å². The van der Waals surface area contributed by atoms with E-state index in [9.17, 15) is 9.18 Å². The molecule has 1 amide bonds. The first kappa shape index (κ1) is 18.1. The minimum Gasteiger partial charge on any atom is -0.457 e. The number of rotatable bonds is 4. The van der Waals surface area contributed by atoms with Crippen molar-refractivity contribution in [1.29, 1.82) is 0 Å². The standard InChI is InChI=1S/C18H16BrFN4O2S/c19-16-14(5-10-26-16)17(25)23-6-8-24(9-7-23)18-21-15(22-27-18)11-12-1-3-13(20)4-2-12/h1-5,10H,6-9,11H2. The molecule has 6 nitrogen and oxygen atoms in total. The zero-order valence-electron chi connectivity index (χ0n) is 14.3. The number of aromatic nitrogens is 2. The zero-order valence-corrected chi connectivity index (χ0v) is 16.7. The van der Waals surface area contributed by atoms with Gasteiger partial charge in [0.2, 0.25) is 5.13 Å². The third-order valence-electron chi connectivity index (χ3n) is 4.42. The zero-order chi connectivity index (χ0) is 18.8. The number of amides is 1. The van der Waals surface area contributed by atoms with Gasteiger partial charge >= 0.3 is 0 Å². The Labute approximate surface area is 167 Å². The van der Waals surface area contributed by atoms with Gasteiger partial charge in [-0.2, -0.15) is 4.37 Å². The predicted molar refractivity (Wildman–Crippen MR) is 104 cm³/mol. The summed E-state index contributed by atoms with van der Waals surface area (Å²) >= 11 is 4.61. The van der Waals surface area contributed by atoms with Gasteiger partial charge in [-0.25, -0.2) is 9.37 Å². The van der Waals surface area contributed by atoms with E-state index in [1.165, 1.54) is 29.9 Å². The van der Waals surface area contributed by atoms with Crippen molar-refractivity contribution in [2.45, 2.75) is 6.42 Å². The molecule has 0 unspecified atom stereocenters. The number of hydrogen-bond donors (Lipinski definition) is 0. The SMILES string of the molecule is O=C(c1ccoc1Br)N1CCN(c2nc(Cc3ccc(F)cc3)ns2)CC1. The minimum absolute atomic E-state index is 0.0375. The Kier molecular flexibility index (Phi) is 5.22. The predicted octanol–water partition coefficient (Wildman–Crippen LogP) is 3.59. The van der Waals surface area contributed by atoms with Crippen LogP contribution in [0.4, 0.5) is 9.52 Å². The number of piperazine rings is 1. The summed E-state index contributed by atoms with van der Waals surface area (Å²) in [4.78, 5) is 21.1. The Morgan fingerprint density at radius 3 is 2.59 bits per heavy atom. The minimum atomic E-state index is -0.249. The van der Waals surface area contributed by atoms with Crippen LogP contribution in [0, 0.1) is 5.82 Å². The summed E-state index contributed by atoms with van der Waals surface area (Å²) in [5.41, 5.74) is 1.52. The second-order valence-corrected chi connectivity index (χ2v) is 7.63. The largest absolute Gasteiger partial charge is 0.457 e. The average molecular weight is 451 g/mol. The second-order valence-electron chi connectivity index (χ2n) is 6.18. The number of carbonyl (C=O) groups is 1. The van der Waals surface area contributed by atoms with Crippen molar-refractivity contribution in [1.82, 2.24) is 14.3 Å². The first-order valence-electron chi connectivity index (χ1n) is 8.44. The molecule has 0 N–H and O–H groups in total. The molecule has 0 spiro atoms. The molecule has 1 aromatic carbocycles. The van der Waals surface area contributed by atoms with Crippen LogP contribution in [0.5, 0.6) is 0 Å². The summed E-state index contributed by atoms with van der Waals surface area (Å²) in [5, 5.41) is 0.851. The van der Waals surface area contributed by atoms with E-state index in [1.54, 1.807) is 18.2 Å². The highest BCUT2D eigenvalue weighted by Gasteiger charge is 2.26. The number of furan rings is 1. The Morgan fingerprint density at radius 1 is 1.19 bits per heavy atom. The third-order valence-corrected chi connectivity index (χ3v) is 5.85. The number of benzene rings is 1. The average Bonchev–Trinajstić information content (AvgIpc) is 3.32. The normalized spacial score (nSPS) is 14.6. The molecule has 0 aliphatic carbocycles. The summed E-state index contributed by atoms with van der Waals surface area (Å²) in [5.74, 6) is 0.438. The van der Waals surface area contributed by atoms with E-state index < -0.39 is 0 Å². The maximum atomic E-state index is 13.0. The van der Waals surface area contributed by atoms with Crippen LogP contribution in [-0.2, 0) is 6.42 Å². The van der Waals surface area contributed by atoms with Crippen molar-refractivity contribution < 1.29 is 13.6 Å². The maximum absolute atomic E-state index is 13.0. The number of halogens is 2. The van der Waals surface area contributed by atoms with Crippen LogP contribution in [0.2, 0.25) is 0 Å². The number of nitrogens with zero attached hydrogens (tertiary/aromatic N) is 4. The Bertz CT molecular complexity index is 935. The lowest BCUT2D eigenvalue weighted by Crippen LogP contribution is -2.48. The molecule has 27 heavy (non-hydrogen) atoms. The van der Waals surface area contributed by atoms with Crippen LogP contribution in [0.3, 0.4) is 0 Å². The molecule has 1 aliphatic heterocycles. The Morgan fingerprint density at radius 2 is 1.93 bits per heavy atom. The van der Waals surface area contributed by atoms with Gasteiger partial charge in [0, 0.05) is 44.1 Å². The van der Waals surface area contributed by atoms with Gasteiger partial charge in [-0.05, 0) is 39.7 Å². The lowest BCUT2D eigenvalue weighted by Gasteiger charge is -2.34. The fourth-order valence-corrected chi connectivity index (χ4v) is 4.09. The smallest absolute Gasteiger partial charge is 0.258 e. The van der Waals surface area contributed by atoms with E-state index in [0.717, 1.165) is 16.5 Å². The first-order chi connectivity index (χ1) is 13.1. The Balaban J connectivity index is 1.36. The summed E-state index contributed by atoms with van der Waals surface area (Å²) in [6.07, 6.45) is 2.07. The molecule has 0 saturated carbocycles. The Hall–Kier alpha value is -2.26. The van der Waals surface area contributed by atoms with Crippen LogP contribution in [0.25, 0.3) is 0 Å². The highest BCUT2D eigenvalue weighted by Crippen LogP contribution is 2.23. The van der Waals surface area contributed by atoms with Crippen LogP contribution in [-0.4, -0.2) is 46.3 Å². The molecular weight excluding hydrogens is 435 g/mol. The van der Waals surface area contributed by atoms with Crippen molar-refractivity contribution in [2.75, 3.05) is 31.1 Å². The van der Waals surface area contributed by atoms with Gasteiger partial charge in [-0.3, -0.25) is 4.79 Å². The molecule has 0 radical (unpaired) electrons. The highest BCUT2D eigenvalue weighted by atomic mass is 79.9. The third kappa shape index (κ3) is 4.03. The van der Waals surface area contributed by atoms with Crippen molar-refractivity contribution in [2.24, 2.45) is 0 Å². The lowest BCUT2D eigenvalue weighted by molar-refractivity contribution is 0.0744. The molecule has 3 aromatic rings. The van der Waals surface area contributed by atoms with Gasteiger partial charge in [0.1, 0.15) is 11.6 Å². The van der Waals surface area contributed by atoms with E-state index in [2.05, 4.69) is 30.2 Å². The molecule has 1 aliphatic rings.